The number of fused-ring (bicyclic) bond motifs is 1. The molecule has 0 aliphatic carbocycles. The van der Waals surface area contributed by atoms with Crippen LogP contribution < -0.4 is 19.1 Å². The number of likely N-dealkylation sites (N-methyl/N-ethyl adjacent to an activating group) is 1. The Morgan fingerprint density at radius 3 is 2.55 bits per heavy atom. The van der Waals surface area contributed by atoms with E-state index in [0.29, 0.717) is 31.1 Å². The van der Waals surface area contributed by atoms with Crippen molar-refractivity contribution in [1.82, 2.24) is 4.90 Å². The molecule has 0 N–H and O–H groups in total. The van der Waals surface area contributed by atoms with Gasteiger partial charge < -0.3 is 24.0 Å². The molecule has 0 bridgehead atoms. The van der Waals surface area contributed by atoms with Gasteiger partial charge in [0.25, 0.3) is 5.91 Å². The third-order valence-electron chi connectivity index (χ3n) is 4.80. The summed E-state index contributed by atoms with van der Waals surface area (Å²) in [7, 11) is 3.34. The largest absolute Gasteiger partial charge is 0.497 e. The predicted octanol–water partition coefficient (Wildman–Crippen LogP) is 2.74. The first-order chi connectivity index (χ1) is 14.0. The van der Waals surface area contributed by atoms with Gasteiger partial charge in [0.1, 0.15) is 23.9 Å². The van der Waals surface area contributed by atoms with Gasteiger partial charge in [-0.05, 0) is 43.3 Å². The lowest BCUT2D eigenvalue weighted by molar-refractivity contribution is -0.130. The van der Waals surface area contributed by atoms with Gasteiger partial charge in [0.05, 0.1) is 19.3 Å². The van der Waals surface area contributed by atoms with Crippen LogP contribution in [0.25, 0.3) is 0 Å². The van der Waals surface area contributed by atoms with Gasteiger partial charge in [-0.25, -0.2) is 0 Å². The third kappa shape index (κ3) is 4.99. The van der Waals surface area contributed by atoms with Gasteiger partial charge in [0.2, 0.25) is 5.91 Å². The van der Waals surface area contributed by atoms with E-state index in [2.05, 4.69) is 0 Å². The maximum absolute atomic E-state index is 12.5. The van der Waals surface area contributed by atoms with E-state index in [4.69, 9.17) is 14.2 Å². The summed E-state index contributed by atoms with van der Waals surface area (Å²) in [6, 6.07) is 14.7. The zero-order valence-corrected chi connectivity index (χ0v) is 17.0. The van der Waals surface area contributed by atoms with Crippen molar-refractivity contribution in [3.05, 3.63) is 48.5 Å². The van der Waals surface area contributed by atoms with Gasteiger partial charge in [-0.3, -0.25) is 9.59 Å². The molecular weight excluding hydrogens is 372 g/mol. The molecule has 29 heavy (non-hydrogen) atoms. The van der Waals surface area contributed by atoms with E-state index in [-0.39, 0.29) is 18.2 Å². The van der Waals surface area contributed by atoms with Crippen LogP contribution in [0.1, 0.15) is 13.3 Å². The molecule has 1 heterocycles. The molecule has 1 unspecified atom stereocenters. The van der Waals surface area contributed by atoms with Crippen molar-refractivity contribution in [3.63, 3.8) is 0 Å². The molecule has 2 aromatic rings. The molecule has 0 saturated carbocycles. The lowest BCUT2D eigenvalue weighted by atomic mass is 10.1. The van der Waals surface area contributed by atoms with Crippen molar-refractivity contribution >= 4 is 17.5 Å². The summed E-state index contributed by atoms with van der Waals surface area (Å²) in [6.45, 7) is 2.86. The Balaban J connectivity index is 1.49. The van der Waals surface area contributed by atoms with E-state index in [1.165, 1.54) is 0 Å². The molecule has 1 aliphatic heterocycles. The van der Waals surface area contributed by atoms with Crippen molar-refractivity contribution in [1.29, 1.82) is 0 Å². The van der Waals surface area contributed by atoms with Crippen LogP contribution in [-0.4, -0.2) is 56.7 Å². The van der Waals surface area contributed by atoms with Crippen LogP contribution in [0, 0.1) is 0 Å². The zero-order valence-electron chi connectivity index (χ0n) is 17.0. The van der Waals surface area contributed by atoms with Gasteiger partial charge in [-0.2, -0.15) is 0 Å². The normalized spacial score (nSPS) is 15.3. The summed E-state index contributed by atoms with van der Waals surface area (Å²) in [5.74, 6) is 1.96. The quantitative estimate of drug-likeness (QED) is 0.684. The first-order valence-corrected chi connectivity index (χ1v) is 9.57. The number of para-hydroxylation sites is 2. The number of ether oxygens (including phenoxy) is 3. The summed E-state index contributed by atoms with van der Waals surface area (Å²) >= 11 is 0. The van der Waals surface area contributed by atoms with Crippen molar-refractivity contribution < 1.29 is 23.8 Å². The smallest absolute Gasteiger partial charge is 0.267 e. The van der Waals surface area contributed by atoms with Crippen LogP contribution in [0.4, 0.5) is 5.69 Å². The fraction of sp³-hybridized carbons (Fsp3) is 0.364. The number of rotatable bonds is 8. The zero-order chi connectivity index (χ0) is 20.8. The number of anilines is 1. The second-order valence-corrected chi connectivity index (χ2v) is 6.81. The Labute approximate surface area is 170 Å². The SMILES string of the molecule is COc1ccc(OCCN(C)C(=O)CCN2C(=O)C(C)Oc3ccccc32)cc1. The minimum Gasteiger partial charge on any atom is -0.497 e. The monoisotopic (exact) mass is 398 g/mol. The number of hydrogen-bond donors (Lipinski definition) is 0. The molecular formula is C22H26N2O5. The number of hydrogen-bond acceptors (Lipinski definition) is 5. The number of carbonyl (C=O) groups excluding carboxylic acids is 2. The van der Waals surface area contributed by atoms with Crippen molar-refractivity contribution in [2.75, 3.05) is 38.8 Å². The third-order valence-corrected chi connectivity index (χ3v) is 4.80. The fourth-order valence-electron chi connectivity index (χ4n) is 3.08. The number of carbonyl (C=O) groups is 2. The minimum absolute atomic E-state index is 0.0484. The van der Waals surface area contributed by atoms with Gasteiger partial charge in [-0.1, -0.05) is 12.1 Å². The van der Waals surface area contributed by atoms with Crippen molar-refractivity contribution in [3.8, 4) is 17.2 Å². The molecule has 7 nitrogen and oxygen atoms in total. The molecule has 1 atom stereocenters. The summed E-state index contributed by atoms with van der Waals surface area (Å²) in [6.07, 6.45) is -0.332. The van der Waals surface area contributed by atoms with Crippen molar-refractivity contribution in [2.24, 2.45) is 0 Å². The van der Waals surface area contributed by atoms with Crippen LogP contribution in [0.2, 0.25) is 0 Å². The molecule has 1 aliphatic rings. The number of nitrogens with zero attached hydrogens (tertiary/aromatic N) is 2. The summed E-state index contributed by atoms with van der Waals surface area (Å²) in [4.78, 5) is 28.2. The highest BCUT2D eigenvalue weighted by Crippen LogP contribution is 2.33. The second kappa shape index (κ2) is 9.32. The lowest BCUT2D eigenvalue weighted by Crippen LogP contribution is -2.46. The lowest BCUT2D eigenvalue weighted by Gasteiger charge is -2.33. The van der Waals surface area contributed by atoms with E-state index in [1.807, 2.05) is 48.5 Å². The van der Waals surface area contributed by atoms with Gasteiger partial charge >= 0.3 is 0 Å². The standard InChI is InChI=1S/C22H26N2O5/c1-16-22(26)24(19-6-4-5-7-20(19)29-16)13-12-21(25)23(2)14-15-28-18-10-8-17(27-3)9-11-18/h4-11,16H,12-15H2,1-3H3. The topological polar surface area (TPSA) is 68.3 Å². The van der Waals surface area contributed by atoms with Crippen LogP contribution in [0.15, 0.2) is 48.5 Å². The average Bonchev–Trinajstić information content (AvgIpc) is 2.74. The Bertz CT molecular complexity index is 853. The maximum Gasteiger partial charge on any atom is 0.267 e. The summed E-state index contributed by atoms with van der Waals surface area (Å²) < 4.78 is 16.4. The predicted molar refractivity (Wildman–Crippen MR) is 110 cm³/mol. The molecule has 0 spiro atoms. The van der Waals surface area contributed by atoms with Gasteiger partial charge in [0, 0.05) is 20.0 Å². The first kappa shape index (κ1) is 20.5. The Kier molecular flexibility index (Phi) is 6.59. The summed E-state index contributed by atoms with van der Waals surface area (Å²) in [5, 5.41) is 0. The highest BCUT2D eigenvalue weighted by atomic mass is 16.5. The number of benzene rings is 2. The minimum atomic E-state index is -0.560. The van der Waals surface area contributed by atoms with Crippen molar-refractivity contribution in [2.45, 2.75) is 19.4 Å². The van der Waals surface area contributed by atoms with E-state index in [9.17, 15) is 9.59 Å². The Hall–Kier alpha value is -3.22. The number of amides is 2. The van der Waals surface area contributed by atoms with Crippen LogP contribution >= 0.6 is 0 Å². The Morgan fingerprint density at radius 1 is 1.14 bits per heavy atom. The molecule has 0 saturated heterocycles. The molecule has 0 aromatic heterocycles. The highest BCUT2D eigenvalue weighted by molar-refractivity contribution is 6.00. The molecule has 0 radical (unpaired) electrons. The van der Waals surface area contributed by atoms with Crippen LogP contribution in [-0.2, 0) is 9.59 Å². The van der Waals surface area contributed by atoms with Crippen LogP contribution in [0.5, 0.6) is 17.2 Å². The number of methoxy groups -OCH3 is 1. The fourth-order valence-corrected chi connectivity index (χ4v) is 3.08. The second-order valence-electron chi connectivity index (χ2n) is 6.81. The molecule has 0 fully saturated rings. The molecule has 154 valence electrons. The van der Waals surface area contributed by atoms with E-state index in [0.717, 1.165) is 11.5 Å². The average molecular weight is 398 g/mol. The molecule has 2 aromatic carbocycles. The van der Waals surface area contributed by atoms with Crippen LogP contribution in [0.3, 0.4) is 0 Å². The van der Waals surface area contributed by atoms with E-state index < -0.39 is 6.10 Å². The highest BCUT2D eigenvalue weighted by Gasteiger charge is 2.31. The first-order valence-electron chi connectivity index (χ1n) is 9.57. The Morgan fingerprint density at radius 2 is 1.83 bits per heavy atom. The van der Waals surface area contributed by atoms with E-state index >= 15 is 0 Å². The molecule has 3 rings (SSSR count). The molecule has 7 heteroatoms. The summed E-state index contributed by atoms with van der Waals surface area (Å²) in [5.41, 5.74) is 0.703. The van der Waals surface area contributed by atoms with E-state index in [1.54, 1.807) is 30.9 Å². The maximum atomic E-state index is 12.5. The molecule has 2 amide bonds. The van der Waals surface area contributed by atoms with Gasteiger partial charge in [0.15, 0.2) is 6.10 Å². The van der Waals surface area contributed by atoms with Gasteiger partial charge in [-0.15, -0.1) is 0 Å².